The molecule has 0 radical (unpaired) electrons. The van der Waals surface area contributed by atoms with Crippen molar-refractivity contribution < 1.29 is 31.2 Å². The summed E-state index contributed by atoms with van der Waals surface area (Å²) >= 11 is 0. The highest BCUT2D eigenvalue weighted by molar-refractivity contribution is 7.92. The van der Waals surface area contributed by atoms with Crippen LogP contribution in [0, 0.1) is 6.92 Å². The molecule has 3 aromatic rings. The molecule has 0 aromatic heterocycles. The van der Waals surface area contributed by atoms with E-state index in [1.54, 1.807) is 45.0 Å². The number of amides is 2. The molecule has 1 N–H and O–H groups in total. The summed E-state index contributed by atoms with van der Waals surface area (Å²) in [6.07, 6.45) is -3.77. The van der Waals surface area contributed by atoms with E-state index in [4.69, 9.17) is 0 Å². The van der Waals surface area contributed by atoms with Crippen molar-refractivity contribution in [2.75, 3.05) is 17.1 Å². The molecule has 1 atom stereocenters. The molecule has 0 saturated carbocycles. The lowest BCUT2D eigenvalue weighted by molar-refractivity contribution is -0.140. The highest BCUT2D eigenvalue weighted by Crippen LogP contribution is 2.32. The fourth-order valence-electron chi connectivity index (χ4n) is 4.35. The first-order valence-electron chi connectivity index (χ1n) is 13.3. The molecule has 0 bridgehead atoms. The minimum atomic E-state index is -4.72. The van der Waals surface area contributed by atoms with E-state index >= 15 is 0 Å². The lowest BCUT2D eigenvalue weighted by Crippen LogP contribution is -2.56. The van der Waals surface area contributed by atoms with Gasteiger partial charge in [0.25, 0.3) is 0 Å². The van der Waals surface area contributed by atoms with E-state index in [1.165, 1.54) is 11.0 Å². The van der Waals surface area contributed by atoms with Crippen LogP contribution in [0.4, 0.5) is 18.9 Å². The first-order chi connectivity index (χ1) is 19.4. The lowest BCUT2D eigenvalue weighted by atomic mass is 10.0. The van der Waals surface area contributed by atoms with Crippen LogP contribution in [0.5, 0.6) is 0 Å². The number of anilines is 1. The summed E-state index contributed by atoms with van der Waals surface area (Å²) < 4.78 is 66.6. The standard InChI is InChI=1S/C31H36F3N3O4S/c1-22-14-16-24(17-15-22)20-36(27(29(39)35-30(2,3)4)18-23-10-7-6-8-11-23)28(38)21-37(42(5,40)41)26-13-9-12-25(19-26)31(32,33)34/h6-17,19,27H,18,20-21H2,1-5H3,(H,35,39). The molecule has 0 heterocycles. The van der Waals surface area contributed by atoms with Crippen molar-refractivity contribution in [2.24, 2.45) is 0 Å². The first-order valence-corrected chi connectivity index (χ1v) is 15.1. The van der Waals surface area contributed by atoms with Crippen LogP contribution in [0.15, 0.2) is 78.9 Å². The van der Waals surface area contributed by atoms with E-state index < -0.39 is 51.7 Å². The fourth-order valence-corrected chi connectivity index (χ4v) is 5.19. The van der Waals surface area contributed by atoms with E-state index in [2.05, 4.69) is 5.32 Å². The Hall–Kier alpha value is -3.86. The predicted molar refractivity (Wildman–Crippen MR) is 157 cm³/mol. The highest BCUT2D eigenvalue weighted by atomic mass is 32.2. The number of halogens is 3. The summed E-state index contributed by atoms with van der Waals surface area (Å²) in [5, 5.41) is 2.92. The van der Waals surface area contributed by atoms with Gasteiger partial charge in [-0.05, 0) is 57.0 Å². The van der Waals surface area contributed by atoms with Gasteiger partial charge < -0.3 is 10.2 Å². The van der Waals surface area contributed by atoms with Gasteiger partial charge in [0.15, 0.2) is 0 Å². The number of aryl methyl sites for hydroxylation is 1. The maximum absolute atomic E-state index is 14.0. The van der Waals surface area contributed by atoms with Crippen molar-refractivity contribution in [1.82, 2.24) is 10.2 Å². The molecule has 3 aromatic carbocycles. The molecule has 11 heteroatoms. The zero-order valence-electron chi connectivity index (χ0n) is 24.3. The maximum atomic E-state index is 14.0. The Morgan fingerprint density at radius 2 is 1.50 bits per heavy atom. The molecule has 42 heavy (non-hydrogen) atoms. The van der Waals surface area contributed by atoms with Crippen molar-refractivity contribution in [2.45, 2.75) is 58.4 Å². The number of hydrogen-bond donors (Lipinski definition) is 1. The van der Waals surface area contributed by atoms with Crippen molar-refractivity contribution in [1.29, 1.82) is 0 Å². The van der Waals surface area contributed by atoms with Gasteiger partial charge in [0.2, 0.25) is 21.8 Å². The SMILES string of the molecule is Cc1ccc(CN(C(=O)CN(c2cccc(C(F)(F)F)c2)S(C)(=O)=O)C(Cc2ccccc2)C(=O)NC(C)(C)C)cc1. The number of carbonyl (C=O) groups is 2. The normalized spacial score (nSPS) is 12.9. The Morgan fingerprint density at radius 1 is 0.881 bits per heavy atom. The first kappa shape index (κ1) is 32.7. The molecular formula is C31H36F3N3O4S. The summed E-state index contributed by atoms with van der Waals surface area (Å²) in [7, 11) is -4.20. The number of benzene rings is 3. The minimum absolute atomic E-state index is 0.0334. The number of nitrogens with zero attached hydrogens (tertiary/aromatic N) is 2. The number of hydrogen-bond acceptors (Lipinski definition) is 4. The van der Waals surface area contributed by atoms with Crippen LogP contribution < -0.4 is 9.62 Å². The summed E-state index contributed by atoms with van der Waals surface area (Å²) in [6.45, 7) is 6.47. The Labute approximate surface area is 245 Å². The van der Waals surface area contributed by atoms with Crippen LogP contribution in [0.25, 0.3) is 0 Å². The molecule has 2 amide bonds. The van der Waals surface area contributed by atoms with E-state index in [1.807, 2.05) is 37.3 Å². The number of rotatable bonds is 10. The van der Waals surface area contributed by atoms with E-state index in [0.717, 1.165) is 29.5 Å². The summed E-state index contributed by atoms with van der Waals surface area (Å²) in [5.41, 5.74) is 0.447. The van der Waals surface area contributed by atoms with Gasteiger partial charge in [0, 0.05) is 18.5 Å². The quantitative estimate of drug-likeness (QED) is 0.339. The van der Waals surface area contributed by atoms with Gasteiger partial charge in [-0.3, -0.25) is 13.9 Å². The zero-order chi connectivity index (χ0) is 31.3. The molecule has 0 aliphatic heterocycles. The molecule has 3 rings (SSSR count). The second-order valence-electron chi connectivity index (χ2n) is 11.3. The van der Waals surface area contributed by atoms with Crippen molar-refractivity contribution in [3.8, 4) is 0 Å². The van der Waals surface area contributed by atoms with Gasteiger partial charge in [-0.2, -0.15) is 13.2 Å². The van der Waals surface area contributed by atoms with Crippen molar-refractivity contribution >= 4 is 27.5 Å². The minimum Gasteiger partial charge on any atom is -0.350 e. The van der Waals surface area contributed by atoms with E-state index in [-0.39, 0.29) is 18.7 Å². The Morgan fingerprint density at radius 3 is 2.05 bits per heavy atom. The van der Waals surface area contributed by atoms with Crippen LogP contribution in [0.3, 0.4) is 0 Å². The topological polar surface area (TPSA) is 86.8 Å². The van der Waals surface area contributed by atoms with Gasteiger partial charge in [-0.15, -0.1) is 0 Å². The Bertz CT molecular complexity index is 1490. The van der Waals surface area contributed by atoms with Crippen LogP contribution in [0.2, 0.25) is 0 Å². The van der Waals surface area contributed by atoms with Crippen LogP contribution in [-0.2, 0) is 38.8 Å². The van der Waals surface area contributed by atoms with Crippen molar-refractivity contribution in [3.05, 3.63) is 101 Å². The molecule has 0 aliphatic carbocycles. The fraction of sp³-hybridized carbons (Fsp3) is 0.355. The van der Waals surface area contributed by atoms with Gasteiger partial charge in [-0.1, -0.05) is 66.2 Å². The number of carbonyl (C=O) groups excluding carboxylic acids is 2. The second-order valence-corrected chi connectivity index (χ2v) is 13.2. The average molecular weight is 604 g/mol. The third-order valence-electron chi connectivity index (χ3n) is 6.38. The number of nitrogens with one attached hydrogen (secondary N) is 1. The van der Waals surface area contributed by atoms with Gasteiger partial charge in [-0.25, -0.2) is 8.42 Å². The van der Waals surface area contributed by atoms with Crippen LogP contribution in [0.1, 0.15) is 43.0 Å². The molecule has 226 valence electrons. The maximum Gasteiger partial charge on any atom is 0.416 e. The average Bonchev–Trinajstić information content (AvgIpc) is 2.88. The third-order valence-corrected chi connectivity index (χ3v) is 7.52. The molecule has 0 aliphatic rings. The van der Waals surface area contributed by atoms with Gasteiger partial charge in [0.1, 0.15) is 12.6 Å². The monoisotopic (exact) mass is 603 g/mol. The van der Waals surface area contributed by atoms with Gasteiger partial charge in [0.05, 0.1) is 17.5 Å². The van der Waals surface area contributed by atoms with E-state index in [0.29, 0.717) is 15.9 Å². The molecular weight excluding hydrogens is 567 g/mol. The number of sulfonamides is 1. The van der Waals surface area contributed by atoms with Crippen LogP contribution in [-0.4, -0.2) is 49.5 Å². The molecule has 0 spiro atoms. The smallest absolute Gasteiger partial charge is 0.350 e. The molecule has 0 saturated heterocycles. The Kier molecular flexibility index (Phi) is 10.1. The summed E-state index contributed by atoms with van der Waals surface area (Å²) in [6, 6.07) is 19.1. The van der Waals surface area contributed by atoms with Crippen LogP contribution >= 0.6 is 0 Å². The second kappa shape index (κ2) is 13.0. The van der Waals surface area contributed by atoms with E-state index in [9.17, 15) is 31.2 Å². The summed E-state index contributed by atoms with van der Waals surface area (Å²) in [5.74, 6) is -1.19. The van der Waals surface area contributed by atoms with Crippen molar-refractivity contribution in [3.63, 3.8) is 0 Å². The third kappa shape index (κ3) is 9.34. The Balaban J connectivity index is 2.09. The van der Waals surface area contributed by atoms with Gasteiger partial charge >= 0.3 is 6.18 Å². The largest absolute Gasteiger partial charge is 0.416 e. The summed E-state index contributed by atoms with van der Waals surface area (Å²) in [4.78, 5) is 29.0. The molecule has 7 nitrogen and oxygen atoms in total. The highest BCUT2D eigenvalue weighted by Gasteiger charge is 2.35. The number of alkyl halides is 3. The molecule has 1 unspecified atom stereocenters. The molecule has 0 fully saturated rings. The zero-order valence-corrected chi connectivity index (χ0v) is 25.1. The predicted octanol–water partition coefficient (Wildman–Crippen LogP) is 5.33. The lowest BCUT2D eigenvalue weighted by Gasteiger charge is -2.35.